The third-order valence-electron chi connectivity index (χ3n) is 2.95. The molecule has 18 heavy (non-hydrogen) atoms. The summed E-state index contributed by atoms with van der Waals surface area (Å²) in [5, 5.41) is 10.2. The fourth-order valence-corrected chi connectivity index (χ4v) is 2.09. The average molecular weight is 234 g/mol. The summed E-state index contributed by atoms with van der Waals surface area (Å²) in [6.07, 6.45) is 3.49. The van der Waals surface area contributed by atoms with Crippen LogP contribution in [0.25, 0.3) is 22.2 Å². The van der Waals surface area contributed by atoms with Gasteiger partial charge in [0.05, 0.1) is 11.4 Å². The summed E-state index contributed by atoms with van der Waals surface area (Å²) < 4.78 is 0. The number of nitrogens with one attached hydrogen (secondary N) is 1. The number of nitrogens with two attached hydrogens (primary N) is 1. The van der Waals surface area contributed by atoms with Gasteiger partial charge in [-0.1, -0.05) is 12.1 Å². The highest BCUT2D eigenvalue weighted by Gasteiger charge is 2.12. The number of H-pyrrole nitrogens is 1. The number of pyridine rings is 1. The van der Waals surface area contributed by atoms with E-state index in [1.54, 1.807) is 12.3 Å². The van der Waals surface area contributed by atoms with E-state index >= 15 is 0 Å². The molecule has 0 aliphatic heterocycles. The molecule has 0 saturated heterocycles. The predicted molar refractivity (Wildman–Crippen MR) is 70.7 cm³/mol. The van der Waals surface area contributed by atoms with E-state index in [-0.39, 0.29) is 0 Å². The van der Waals surface area contributed by atoms with E-state index in [2.05, 4.69) is 16.0 Å². The fraction of sp³-hybridized carbons (Fsp3) is 0. The number of anilines is 1. The van der Waals surface area contributed by atoms with E-state index in [0.717, 1.165) is 16.5 Å². The monoisotopic (exact) mass is 234 g/mol. The molecule has 3 N–H and O–H groups in total. The lowest BCUT2D eigenvalue weighted by Gasteiger charge is -2.06. The number of fused-ring (bicyclic) bond motifs is 1. The standard InChI is InChI=1S/C14H10N4/c15-8-11-12(16)5-7-18-14(11)10-2-1-3-13-9(10)4-6-17-13/h1-7,17H,(H2,16,18). The molecule has 0 aliphatic rings. The van der Waals surface area contributed by atoms with E-state index in [9.17, 15) is 5.26 Å². The van der Waals surface area contributed by atoms with Crippen LogP contribution in [0.15, 0.2) is 42.7 Å². The minimum atomic E-state index is 0.422. The Morgan fingerprint density at radius 3 is 2.94 bits per heavy atom. The van der Waals surface area contributed by atoms with Crippen molar-refractivity contribution in [2.24, 2.45) is 0 Å². The maximum Gasteiger partial charge on any atom is 0.104 e. The lowest BCUT2D eigenvalue weighted by atomic mass is 10.0. The predicted octanol–water partition coefficient (Wildman–Crippen LogP) is 2.68. The van der Waals surface area contributed by atoms with Gasteiger partial charge >= 0.3 is 0 Å². The summed E-state index contributed by atoms with van der Waals surface area (Å²) in [6.45, 7) is 0. The van der Waals surface area contributed by atoms with E-state index < -0.39 is 0 Å². The van der Waals surface area contributed by atoms with E-state index in [1.807, 2.05) is 30.5 Å². The molecule has 4 nitrogen and oxygen atoms in total. The number of rotatable bonds is 1. The van der Waals surface area contributed by atoms with Gasteiger partial charge in [0.15, 0.2) is 0 Å². The summed E-state index contributed by atoms with van der Waals surface area (Å²) >= 11 is 0. The van der Waals surface area contributed by atoms with Crippen LogP contribution in [-0.2, 0) is 0 Å². The number of hydrogen-bond donors (Lipinski definition) is 2. The summed E-state index contributed by atoms with van der Waals surface area (Å²) in [4.78, 5) is 7.43. The number of nitrogen functional groups attached to an aromatic ring is 1. The normalized spacial score (nSPS) is 10.4. The molecule has 0 amide bonds. The maximum atomic E-state index is 9.21. The Labute approximate surface area is 104 Å². The van der Waals surface area contributed by atoms with Gasteiger partial charge in [0.2, 0.25) is 0 Å². The number of hydrogen-bond acceptors (Lipinski definition) is 3. The molecule has 0 spiro atoms. The largest absolute Gasteiger partial charge is 0.398 e. The van der Waals surface area contributed by atoms with Crippen molar-refractivity contribution in [3.8, 4) is 17.3 Å². The number of aromatic nitrogens is 2. The molecule has 0 bridgehead atoms. The highest BCUT2D eigenvalue weighted by Crippen LogP contribution is 2.30. The van der Waals surface area contributed by atoms with Gasteiger partial charge in [-0.2, -0.15) is 5.26 Å². The topological polar surface area (TPSA) is 78.5 Å². The van der Waals surface area contributed by atoms with Crippen molar-refractivity contribution < 1.29 is 0 Å². The van der Waals surface area contributed by atoms with Crippen LogP contribution in [0.5, 0.6) is 0 Å². The van der Waals surface area contributed by atoms with Crippen LogP contribution < -0.4 is 5.73 Å². The summed E-state index contributed by atoms with van der Waals surface area (Å²) in [6, 6.07) is 11.6. The summed E-state index contributed by atoms with van der Waals surface area (Å²) in [7, 11) is 0. The summed E-state index contributed by atoms with van der Waals surface area (Å²) in [5.74, 6) is 0. The van der Waals surface area contributed by atoms with Gasteiger partial charge in [-0.3, -0.25) is 4.98 Å². The molecule has 1 aromatic carbocycles. The number of aromatic amines is 1. The van der Waals surface area contributed by atoms with Crippen molar-refractivity contribution in [1.82, 2.24) is 9.97 Å². The minimum Gasteiger partial charge on any atom is -0.398 e. The Hall–Kier alpha value is -2.80. The SMILES string of the molecule is N#Cc1c(N)ccnc1-c1cccc2[nH]ccc12. The first-order chi connectivity index (χ1) is 8.81. The van der Waals surface area contributed by atoms with Crippen molar-refractivity contribution in [3.63, 3.8) is 0 Å². The molecule has 0 fully saturated rings. The van der Waals surface area contributed by atoms with Gasteiger partial charge in [-0.25, -0.2) is 0 Å². The molecule has 3 rings (SSSR count). The molecule has 0 atom stereocenters. The highest BCUT2D eigenvalue weighted by atomic mass is 14.7. The Kier molecular flexibility index (Phi) is 2.24. The molecule has 4 heteroatoms. The van der Waals surface area contributed by atoms with Crippen LogP contribution in [-0.4, -0.2) is 9.97 Å². The third kappa shape index (κ3) is 1.42. The van der Waals surface area contributed by atoms with Crippen LogP contribution in [0.4, 0.5) is 5.69 Å². The third-order valence-corrected chi connectivity index (χ3v) is 2.95. The number of benzene rings is 1. The van der Waals surface area contributed by atoms with Crippen molar-refractivity contribution in [1.29, 1.82) is 5.26 Å². The second-order valence-electron chi connectivity index (χ2n) is 3.98. The van der Waals surface area contributed by atoms with Crippen LogP contribution in [0.3, 0.4) is 0 Å². The fourth-order valence-electron chi connectivity index (χ4n) is 2.09. The second-order valence-corrected chi connectivity index (χ2v) is 3.98. The first kappa shape index (κ1) is 10.4. The molecule has 3 aromatic rings. The van der Waals surface area contributed by atoms with Gasteiger partial charge in [0.25, 0.3) is 0 Å². The first-order valence-electron chi connectivity index (χ1n) is 5.52. The van der Waals surface area contributed by atoms with Crippen molar-refractivity contribution in [2.45, 2.75) is 0 Å². The highest BCUT2D eigenvalue weighted by molar-refractivity contribution is 5.96. The molecular formula is C14H10N4. The van der Waals surface area contributed by atoms with Crippen LogP contribution in [0.1, 0.15) is 5.56 Å². The Bertz CT molecular complexity index is 765. The molecule has 86 valence electrons. The summed E-state index contributed by atoms with van der Waals surface area (Å²) in [5.41, 5.74) is 9.25. The van der Waals surface area contributed by atoms with Gasteiger partial charge in [0.1, 0.15) is 11.6 Å². The van der Waals surface area contributed by atoms with Crippen LogP contribution in [0, 0.1) is 11.3 Å². The zero-order chi connectivity index (χ0) is 12.5. The van der Waals surface area contributed by atoms with E-state index in [1.165, 1.54) is 0 Å². The second kappa shape index (κ2) is 3.90. The van der Waals surface area contributed by atoms with Crippen molar-refractivity contribution in [2.75, 3.05) is 5.73 Å². The minimum absolute atomic E-state index is 0.422. The van der Waals surface area contributed by atoms with E-state index in [0.29, 0.717) is 16.9 Å². The lowest BCUT2D eigenvalue weighted by molar-refractivity contribution is 1.31. The van der Waals surface area contributed by atoms with Gasteiger partial charge in [-0.05, 0) is 18.2 Å². The smallest absolute Gasteiger partial charge is 0.104 e. The Morgan fingerprint density at radius 1 is 1.22 bits per heavy atom. The number of nitriles is 1. The zero-order valence-electron chi connectivity index (χ0n) is 9.51. The van der Waals surface area contributed by atoms with Gasteiger partial charge in [0, 0.05) is 28.9 Å². The molecule has 2 aromatic heterocycles. The molecule has 0 saturated carbocycles. The number of nitrogens with zero attached hydrogens (tertiary/aromatic N) is 2. The van der Waals surface area contributed by atoms with E-state index in [4.69, 9.17) is 5.73 Å². The van der Waals surface area contributed by atoms with Crippen LogP contribution >= 0.6 is 0 Å². The molecule has 0 radical (unpaired) electrons. The molecular weight excluding hydrogens is 224 g/mol. The Morgan fingerprint density at radius 2 is 2.11 bits per heavy atom. The molecule has 2 heterocycles. The van der Waals surface area contributed by atoms with Crippen molar-refractivity contribution >= 4 is 16.6 Å². The quantitative estimate of drug-likeness (QED) is 0.679. The Balaban J connectivity index is 2.37. The molecule has 0 aliphatic carbocycles. The van der Waals surface area contributed by atoms with Gasteiger partial charge < -0.3 is 10.7 Å². The maximum absolute atomic E-state index is 9.21. The van der Waals surface area contributed by atoms with Crippen molar-refractivity contribution in [3.05, 3.63) is 48.3 Å². The first-order valence-corrected chi connectivity index (χ1v) is 5.52. The molecule has 0 unspecified atom stereocenters. The lowest BCUT2D eigenvalue weighted by Crippen LogP contribution is -1.96. The van der Waals surface area contributed by atoms with Crippen LogP contribution in [0.2, 0.25) is 0 Å². The zero-order valence-corrected chi connectivity index (χ0v) is 9.51. The average Bonchev–Trinajstić information content (AvgIpc) is 2.86. The van der Waals surface area contributed by atoms with Gasteiger partial charge in [-0.15, -0.1) is 0 Å².